The Hall–Kier alpha value is -1.16. The Kier molecular flexibility index (Phi) is 2.93. The Morgan fingerprint density at radius 3 is 2.72 bits per heavy atom. The van der Waals surface area contributed by atoms with E-state index in [1.165, 1.54) is 0 Å². The zero-order valence-electron chi connectivity index (χ0n) is 14.5. The van der Waals surface area contributed by atoms with Gasteiger partial charge in [0.15, 0.2) is 11.6 Å². The van der Waals surface area contributed by atoms with Gasteiger partial charge in [-0.05, 0) is 49.5 Å². The van der Waals surface area contributed by atoms with E-state index in [2.05, 4.69) is 13.5 Å². The van der Waals surface area contributed by atoms with Gasteiger partial charge in [-0.1, -0.05) is 19.9 Å². The molecule has 134 valence electrons. The van der Waals surface area contributed by atoms with Crippen LogP contribution in [0.25, 0.3) is 0 Å². The summed E-state index contributed by atoms with van der Waals surface area (Å²) < 4.78 is 5.66. The molecule has 4 bridgehead atoms. The minimum Gasteiger partial charge on any atom is -0.465 e. The lowest BCUT2D eigenvalue weighted by Crippen LogP contribution is -2.75. The van der Waals surface area contributed by atoms with E-state index in [1.807, 2.05) is 0 Å². The number of hydrogen-bond donors (Lipinski definition) is 0. The number of halogens is 1. The van der Waals surface area contributed by atoms with Crippen LogP contribution in [-0.2, 0) is 19.1 Å². The number of allylic oxidation sites excluding steroid dienone is 1. The second kappa shape index (κ2) is 4.57. The van der Waals surface area contributed by atoms with E-state index in [1.54, 1.807) is 0 Å². The number of rotatable bonds is 0. The minimum atomic E-state index is -1.14. The first-order chi connectivity index (χ1) is 11.8. The van der Waals surface area contributed by atoms with Crippen molar-refractivity contribution in [1.29, 1.82) is 0 Å². The van der Waals surface area contributed by atoms with Gasteiger partial charge in [-0.25, -0.2) is 0 Å². The second-order valence-electron chi connectivity index (χ2n) is 9.22. The molecule has 6 aliphatic rings. The highest BCUT2D eigenvalue weighted by molar-refractivity contribution is 6.36. The van der Waals surface area contributed by atoms with Gasteiger partial charge >= 0.3 is 5.97 Å². The summed E-state index contributed by atoms with van der Waals surface area (Å²) in [4.78, 5) is 39.8. The SMILES string of the molecule is C=C1C(=O)[C@]23CC[C@H]1CC2[C@@]12CCC[C@@](C)(COC1=O)C2C(Cl)C3=O. The summed E-state index contributed by atoms with van der Waals surface area (Å²) in [5.74, 6) is -0.905. The van der Waals surface area contributed by atoms with Crippen molar-refractivity contribution >= 4 is 29.1 Å². The number of hydrogen-bond acceptors (Lipinski definition) is 4. The van der Waals surface area contributed by atoms with Crippen molar-refractivity contribution < 1.29 is 19.1 Å². The Morgan fingerprint density at radius 2 is 1.96 bits per heavy atom. The molecule has 5 saturated carbocycles. The molecule has 0 aromatic heterocycles. The van der Waals surface area contributed by atoms with Crippen molar-refractivity contribution in [3.8, 4) is 0 Å². The quantitative estimate of drug-likeness (QED) is 0.287. The minimum absolute atomic E-state index is 0.0944. The molecule has 1 saturated heterocycles. The third-order valence-electron chi connectivity index (χ3n) is 8.35. The molecule has 0 aromatic rings. The van der Waals surface area contributed by atoms with E-state index in [0.717, 1.165) is 19.3 Å². The fraction of sp³-hybridized carbons (Fsp3) is 0.750. The van der Waals surface area contributed by atoms with Crippen LogP contribution >= 0.6 is 11.6 Å². The van der Waals surface area contributed by atoms with E-state index in [0.29, 0.717) is 31.4 Å². The molecular formula is C20H23ClO4. The molecule has 25 heavy (non-hydrogen) atoms. The number of ketones is 2. The van der Waals surface area contributed by atoms with Gasteiger partial charge in [0.2, 0.25) is 0 Å². The summed E-state index contributed by atoms with van der Waals surface area (Å²) in [6.45, 7) is 6.41. The highest BCUT2D eigenvalue weighted by atomic mass is 35.5. The highest BCUT2D eigenvalue weighted by Crippen LogP contribution is 2.72. The summed E-state index contributed by atoms with van der Waals surface area (Å²) in [5.41, 5.74) is -1.62. The van der Waals surface area contributed by atoms with Gasteiger partial charge in [-0.15, -0.1) is 11.6 Å². The summed E-state index contributed by atoms with van der Waals surface area (Å²) in [5, 5.41) is -0.791. The molecule has 5 aliphatic carbocycles. The van der Waals surface area contributed by atoms with Crippen LogP contribution in [0.2, 0.25) is 0 Å². The molecule has 1 aliphatic heterocycles. The normalized spacial score (nSPS) is 54.0. The van der Waals surface area contributed by atoms with Gasteiger partial charge in [0.1, 0.15) is 0 Å². The zero-order valence-corrected chi connectivity index (χ0v) is 15.2. The number of carbonyl (C=O) groups is 3. The van der Waals surface area contributed by atoms with Crippen molar-refractivity contribution in [3.63, 3.8) is 0 Å². The highest BCUT2D eigenvalue weighted by Gasteiger charge is 2.78. The molecule has 6 fully saturated rings. The Bertz CT molecular complexity index is 744. The standard InChI is InChI=1S/C20H23ClO4/c1-10-11-4-7-20(15(10)22)12(8-11)19-6-3-5-18(2,9-25-17(19)24)14(19)13(21)16(20)23/h11-14H,1,3-9H2,2H3/t11-,12?,13?,14?,18-,19+,20-/m0/s1. The summed E-state index contributed by atoms with van der Waals surface area (Å²) in [6, 6.07) is 0. The topological polar surface area (TPSA) is 60.4 Å². The predicted octanol–water partition coefficient (Wildman–Crippen LogP) is 3.07. The monoisotopic (exact) mass is 362 g/mol. The molecule has 4 nitrogen and oxygen atoms in total. The van der Waals surface area contributed by atoms with Crippen LogP contribution in [0.15, 0.2) is 12.2 Å². The third kappa shape index (κ3) is 1.52. The van der Waals surface area contributed by atoms with E-state index in [-0.39, 0.29) is 40.7 Å². The van der Waals surface area contributed by atoms with Gasteiger partial charge in [0.25, 0.3) is 0 Å². The number of esters is 1. The van der Waals surface area contributed by atoms with Crippen molar-refractivity contribution in [3.05, 3.63) is 12.2 Å². The molecule has 7 atom stereocenters. The number of alkyl halides is 1. The lowest BCUT2D eigenvalue weighted by atomic mass is 9.35. The summed E-state index contributed by atoms with van der Waals surface area (Å²) in [6.07, 6.45) is 4.52. The number of Topliss-reactive ketones (excluding diaryl/α,β-unsaturated/α-hetero) is 2. The average molecular weight is 363 g/mol. The van der Waals surface area contributed by atoms with Crippen molar-refractivity contribution in [2.75, 3.05) is 6.61 Å². The molecule has 0 N–H and O–H groups in total. The molecule has 0 aromatic carbocycles. The first-order valence-corrected chi connectivity index (χ1v) is 9.82. The maximum absolute atomic E-state index is 13.5. The lowest BCUT2D eigenvalue weighted by Gasteiger charge is -2.68. The van der Waals surface area contributed by atoms with Crippen molar-refractivity contribution in [1.82, 2.24) is 0 Å². The van der Waals surface area contributed by atoms with Crippen LogP contribution in [0.4, 0.5) is 0 Å². The zero-order chi connectivity index (χ0) is 17.8. The summed E-state index contributed by atoms with van der Waals surface area (Å²) >= 11 is 6.77. The van der Waals surface area contributed by atoms with Gasteiger partial charge in [-0.3, -0.25) is 14.4 Å². The van der Waals surface area contributed by atoms with Crippen molar-refractivity contribution in [2.45, 2.75) is 50.8 Å². The van der Waals surface area contributed by atoms with E-state index < -0.39 is 16.2 Å². The number of carbonyl (C=O) groups excluding carboxylic acids is 3. The molecule has 1 heterocycles. The molecule has 0 radical (unpaired) electrons. The second-order valence-corrected chi connectivity index (χ2v) is 9.69. The van der Waals surface area contributed by atoms with Crippen LogP contribution in [-0.4, -0.2) is 29.5 Å². The fourth-order valence-electron chi connectivity index (χ4n) is 7.32. The molecule has 0 amide bonds. The van der Waals surface area contributed by atoms with Crippen LogP contribution in [0.5, 0.6) is 0 Å². The van der Waals surface area contributed by atoms with E-state index in [4.69, 9.17) is 16.3 Å². The molecule has 1 spiro atoms. The first-order valence-electron chi connectivity index (χ1n) is 9.38. The maximum Gasteiger partial charge on any atom is 0.312 e. The average Bonchev–Trinajstić information content (AvgIpc) is 2.60. The van der Waals surface area contributed by atoms with Gasteiger partial charge in [0.05, 0.1) is 22.8 Å². The van der Waals surface area contributed by atoms with Gasteiger partial charge in [-0.2, -0.15) is 0 Å². The third-order valence-corrected chi connectivity index (χ3v) is 8.80. The summed E-state index contributed by atoms with van der Waals surface area (Å²) in [7, 11) is 0. The number of ether oxygens (including phenoxy) is 1. The number of cyclic esters (lactones) is 1. The van der Waals surface area contributed by atoms with Crippen LogP contribution in [0.1, 0.15) is 45.4 Å². The molecular weight excluding hydrogens is 340 g/mol. The van der Waals surface area contributed by atoms with Crippen LogP contribution in [0.3, 0.4) is 0 Å². The molecule has 6 rings (SSSR count). The fourth-order valence-corrected chi connectivity index (χ4v) is 8.04. The number of fused-ring (bicyclic) bond motifs is 2. The Balaban J connectivity index is 1.77. The maximum atomic E-state index is 13.5. The smallest absolute Gasteiger partial charge is 0.312 e. The Labute approximate surface area is 152 Å². The first kappa shape index (κ1) is 16.0. The molecule has 3 unspecified atom stereocenters. The van der Waals surface area contributed by atoms with Gasteiger partial charge < -0.3 is 4.74 Å². The largest absolute Gasteiger partial charge is 0.465 e. The molecule has 5 heteroatoms. The van der Waals surface area contributed by atoms with Gasteiger partial charge in [0, 0.05) is 11.3 Å². The van der Waals surface area contributed by atoms with Crippen molar-refractivity contribution in [2.24, 2.45) is 34.0 Å². The van der Waals surface area contributed by atoms with E-state index in [9.17, 15) is 14.4 Å². The lowest BCUT2D eigenvalue weighted by molar-refractivity contribution is -0.229. The predicted molar refractivity (Wildman–Crippen MR) is 90.9 cm³/mol. The Morgan fingerprint density at radius 1 is 1.20 bits per heavy atom. The van der Waals surface area contributed by atoms with Crippen LogP contribution < -0.4 is 0 Å². The van der Waals surface area contributed by atoms with E-state index >= 15 is 0 Å². The van der Waals surface area contributed by atoms with Crippen LogP contribution in [0, 0.1) is 34.0 Å².